The highest BCUT2D eigenvalue weighted by atomic mass is 16.5. The molecule has 74 heavy (non-hydrogen) atoms. The average Bonchev–Trinajstić information content (AvgIpc) is 3.40. The Morgan fingerprint density at radius 1 is 0.365 bits per heavy atom. The van der Waals surface area contributed by atoms with Crippen LogP contribution in [-0.4, -0.2) is 47.4 Å². The fraction of sp³-hybridized carbons (Fsp3) is 0.912. The first kappa shape index (κ1) is 72.3. The van der Waals surface area contributed by atoms with E-state index in [0.717, 1.165) is 38.5 Å². The van der Waals surface area contributed by atoms with E-state index in [1.807, 2.05) is 0 Å². The lowest BCUT2D eigenvalue weighted by atomic mass is 10.0. The molecule has 0 fully saturated rings. The standard InChI is InChI=1S/C68H131NO5/c1-3-5-7-9-11-13-15-16-17-18-28-32-35-38-42-46-50-54-58-62-68(73)74-63-59-55-51-47-43-39-36-33-30-27-25-23-21-19-20-22-24-26-29-31-34-37-41-45-49-53-57-61-67(72)69-65(64-70)66(71)60-56-52-48-44-40-14-12-10-8-6-4-2/h16-17,19-20,65-66,70-71H,3-15,18,21-64H2,1-2H3,(H,69,72)/b17-16-,20-19-. The number of carbonyl (C=O) groups is 2. The number of rotatable bonds is 63. The van der Waals surface area contributed by atoms with E-state index in [1.165, 1.54) is 302 Å². The number of nitrogens with one attached hydrogen (secondary N) is 1. The van der Waals surface area contributed by atoms with Crippen molar-refractivity contribution in [3.05, 3.63) is 24.3 Å². The van der Waals surface area contributed by atoms with Crippen LogP contribution in [0, 0.1) is 0 Å². The quantitative estimate of drug-likeness (QED) is 0.0320. The molecule has 6 heteroatoms. The molecule has 0 bridgehead atoms. The van der Waals surface area contributed by atoms with E-state index < -0.39 is 12.1 Å². The van der Waals surface area contributed by atoms with Crippen molar-refractivity contribution < 1.29 is 24.5 Å². The number of carbonyl (C=O) groups excluding carboxylic acids is 2. The predicted octanol–water partition coefficient (Wildman–Crippen LogP) is 21.4. The Balaban J connectivity index is 3.34. The van der Waals surface area contributed by atoms with Gasteiger partial charge in [-0.2, -0.15) is 0 Å². The third-order valence-corrected chi connectivity index (χ3v) is 15.7. The summed E-state index contributed by atoms with van der Waals surface area (Å²) >= 11 is 0. The second-order valence-corrected chi connectivity index (χ2v) is 23.1. The van der Waals surface area contributed by atoms with Crippen LogP contribution in [0.15, 0.2) is 24.3 Å². The SMILES string of the molecule is CCCCCCCC/C=C\CCCCCCCCCCCC(=O)OCCCCCCCCCCCCCC/C=C\CCCCCCCCCCCCCC(=O)NC(CO)C(O)CCCCCCCCCCCCC. The molecule has 438 valence electrons. The molecule has 2 unspecified atom stereocenters. The van der Waals surface area contributed by atoms with Crippen LogP contribution in [0.3, 0.4) is 0 Å². The van der Waals surface area contributed by atoms with Crippen LogP contribution < -0.4 is 5.32 Å². The molecule has 0 aliphatic heterocycles. The van der Waals surface area contributed by atoms with Crippen LogP contribution in [0.5, 0.6) is 0 Å². The van der Waals surface area contributed by atoms with Crippen molar-refractivity contribution in [3.8, 4) is 0 Å². The maximum Gasteiger partial charge on any atom is 0.305 e. The van der Waals surface area contributed by atoms with Gasteiger partial charge in [0, 0.05) is 12.8 Å². The molecule has 2 atom stereocenters. The van der Waals surface area contributed by atoms with Gasteiger partial charge >= 0.3 is 5.97 Å². The minimum absolute atomic E-state index is 0.0152. The van der Waals surface area contributed by atoms with E-state index in [0.29, 0.717) is 25.9 Å². The van der Waals surface area contributed by atoms with Gasteiger partial charge in [0.05, 0.1) is 25.4 Å². The molecule has 0 rings (SSSR count). The number of hydrogen-bond donors (Lipinski definition) is 3. The number of aliphatic hydroxyl groups excluding tert-OH is 2. The molecule has 0 radical (unpaired) electrons. The Morgan fingerprint density at radius 2 is 0.635 bits per heavy atom. The lowest BCUT2D eigenvalue weighted by molar-refractivity contribution is -0.143. The average molecular weight is 1040 g/mol. The summed E-state index contributed by atoms with van der Waals surface area (Å²) in [6.07, 6.45) is 79.3. The molecule has 0 aromatic carbocycles. The summed E-state index contributed by atoms with van der Waals surface area (Å²) in [4.78, 5) is 24.6. The lowest BCUT2D eigenvalue weighted by Gasteiger charge is -2.22. The number of allylic oxidation sites excluding steroid dienone is 4. The van der Waals surface area contributed by atoms with Gasteiger partial charge in [-0.1, -0.05) is 308 Å². The lowest BCUT2D eigenvalue weighted by Crippen LogP contribution is -2.45. The molecule has 1 amide bonds. The Hall–Kier alpha value is -1.66. The first-order valence-electron chi connectivity index (χ1n) is 33.6. The maximum absolute atomic E-state index is 12.5. The number of esters is 1. The first-order chi connectivity index (χ1) is 36.5. The largest absolute Gasteiger partial charge is 0.466 e. The van der Waals surface area contributed by atoms with E-state index in [-0.39, 0.29) is 18.5 Å². The molecular formula is C68H131NO5. The third kappa shape index (κ3) is 59.6. The molecular weight excluding hydrogens is 911 g/mol. The van der Waals surface area contributed by atoms with Gasteiger partial charge in [0.15, 0.2) is 0 Å². The zero-order chi connectivity index (χ0) is 53.6. The fourth-order valence-electron chi connectivity index (χ4n) is 10.6. The first-order valence-corrected chi connectivity index (χ1v) is 33.6. The second kappa shape index (κ2) is 63.9. The van der Waals surface area contributed by atoms with Gasteiger partial charge in [-0.3, -0.25) is 9.59 Å². The summed E-state index contributed by atoms with van der Waals surface area (Å²) in [6, 6.07) is -0.540. The molecule has 0 spiro atoms. The summed E-state index contributed by atoms with van der Waals surface area (Å²) < 4.78 is 5.51. The Kier molecular flexibility index (Phi) is 62.4. The van der Waals surface area contributed by atoms with Gasteiger partial charge in [0.1, 0.15) is 0 Å². The highest BCUT2D eigenvalue weighted by Gasteiger charge is 2.20. The number of hydrogen-bond acceptors (Lipinski definition) is 5. The van der Waals surface area contributed by atoms with E-state index >= 15 is 0 Å². The topological polar surface area (TPSA) is 95.9 Å². The van der Waals surface area contributed by atoms with Crippen molar-refractivity contribution in [2.45, 2.75) is 386 Å². The Morgan fingerprint density at radius 3 is 0.959 bits per heavy atom. The van der Waals surface area contributed by atoms with E-state index in [1.54, 1.807) is 0 Å². The highest BCUT2D eigenvalue weighted by molar-refractivity contribution is 5.76. The van der Waals surface area contributed by atoms with Gasteiger partial charge < -0.3 is 20.3 Å². The van der Waals surface area contributed by atoms with Gasteiger partial charge in [-0.15, -0.1) is 0 Å². The van der Waals surface area contributed by atoms with E-state index in [9.17, 15) is 19.8 Å². The van der Waals surface area contributed by atoms with Crippen LogP contribution in [0.25, 0.3) is 0 Å². The van der Waals surface area contributed by atoms with Gasteiger partial charge in [0.25, 0.3) is 0 Å². The minimum Gasteiger partial charge on any atom is -0.466 e. The highest BCUT2D eigenvalue weighted by Crippen LogP contribution is 2.18. The molecule has 0 saturated carbocycles. The van der Waals surface area contributed by atoms with E-state index in [4.69, 9.17) is 4.74 Å². The zero-order valence-electron chi connectivity index (χ0n) is 50.1. The molecule has 0 aliphatic carbocycles. The summed E-state index contributed by atoms with van der Waals surface area (Å²) in [5, 5.41) is 23.2. The van der Waals surface area contributed by atoms with Crippen LogP contribution in [0.4, 0.5) is 0 Å². The molecule has 0 aromatic rings. The van der Waals surface area contributed by atoms with Gasteiger partial charge in [-0.05, 0) is 77.0 Å². The third-order valence-electron chi connectivity index (χ3n) is 15.7. The normalized spacial score (nSPS) is 12.6. The van der Waals surface area contributed by atoms with Crippen LogP contribution in [0.2, 0.25) is 0 Å². The molecule has 0 heterocycles. The number of ether oxygens (including phenoxy) is 1. The smallest absolute Gasteiger partial charge is 0.305 e. The molecule has 0 aliphatic rings. The monoisotopic (exact) mass is 1040 g/mol. The summed E-state index contributed by atoms with van der Waals surface area (Å²) in [5.41, 5.74) is 0. The summed E-state index contributed by atoms with van der Waals surface area (Å²) in [6.45, 7) is 4.96. The molecule has 6 nitrogen and oxygen atoms in total. The van der Waals surface area contributed by atoms with Crippen LogP contribution >= 0.6 is 0 Å². The Bertz CT molecular complexity index is 1150. The summed E-state index contributed by atoms with van der Waals surface area (Å²) in [5.74, 6) is -0.0202. The van der Waals surface area contributed by atoms with Gasteiger partial charge in [-0.25, -0.2) is 0 Å². The van der Waals surface area contributed by atoms with Crippen molar-refractivity contribution in [2.75, 3.05) is 13.2 Å². The molecule has 0 saturated heterocycles. The van der Waals surface area contributed by atoms with Crippen molar-refractivity contribution in [1.29, 1.82) is 0 Å². The number of amides is 1. The predicted molar refractivity (Wildman–Crippen MR) is 324 cm³/mol. The van der Waals surface area contributed by atoms with Crippen molar-refractivity contribution >= 4 is 11.9 Å². The maximum atomic E-state index is 12.5. The Labute approximate surface area is 462 Å². The van der Waals surface area contributed by atoms with Gasteiger partial charge in [0.2, 0.25) is 5.91 Å². The molecule has 3 N–H and O–H groups in total. The van der Waals surface area contributed by atoms with Crippen molar-refractivity contribution in [2.24, 2.45) is 0 Å². The van der Waals surface area contributed by atoms with Crippen molar-refractivity contribution in [3.63, 3.8) is 0 Å². The fourth-order valence-corrected chi connectivity index (χ4v) is 10.6. The van der Waals surface area contributed by atoms with Crippen LogP contribution in [-0.2, 0) is 14.3 Å². The summed E-state index contributed by atoms with van der Waals surface area (Å²) in [7, 11) is 0. The molecule has 0 aromatic heterocycles. The van der Waals surface area contributed by atoms with E-state index in [2.05, 4.69) is 43.5 Å². The second-order valence-electron chi connectivity index (χ2n) is 23.1. The van der Waals surface area contributed by atoms with Crippen molar-refractivity contribution in [1.82, 2.24) is 5.32 Å². The van der Waals surface area contributed by atoms with Crippen LogP contribution in [0.1, 0.15) is 373 Å². The zero-order valence-corrected chi connectivity index (χ0v) is 50.1. The minimum atomic E-state index is -0.663. The number of unbranched alkanes of at least 4 members (excludes halogenated alkanes) is 48. The number of aliphatic hydroxyl groups is 2.